The number of rotatable bonds is 9. The fraction of sp³-hybridized carbons (Fsp3) is 0.667. The highest BCUT2D eigenvalue weighted by atomic mass is 32.2. The van der Waals surface area contributed by atoms with Crippen molar-refractivity contribution in [2.75, 3.05) is 18.6 Å². The topological polar surface area (TPSA) is 58.2 Å². The van der Waals surface area contributed by atoms with Gasteiger partial charge in [0, 0.05) is 23.2 Å². The molecule has 2 N–H and O–H groups in total. The predicted molar refractivity (Wildman–Crippen MR) is 84.5 cm³/mol. The highest BCUT2D eigenvalue weighted by Gasteiger charge is 2.22. The third kappa shape index (κ3) is 5.07. The van der Waals surface area contributed by atoms with Crippen LogP contribution >= 0.6 is 23.1 Å². The zero-order valence-electron chi connectivity index (χ0n) is 11.6. The van der Waals surface area contributed by atoms with Crippen molar-refractivity contribution in [3.05, 3.63) is 16.3 Å². The average molecular weight is 323 g/mol. The van der Waals surface area contributed by atoms with Gasteiger partial charge in [-0.1, -0.05) is 13.8 Å². The number of hydrogen-bond acceptors (Lipinski definition) is 5. The Kier molecular flexibility index (Phi) is 7.38. The van der Waals surface area contributed by atoms with E-state index in [2.05, 4.69) is 10.0 Å². The van der Waals surface area contributed by atoms with Crippen molar-refractivity contribution in [3.63, 3.8) is 0 Å². The molecule has 7 heteroatoms. The Bertz CT molecular complexity index is 471. The van der Waals surface area contributed by atoms with Gasteiger partial charge in [0.25, 0.3) is 0 Å². The number of nitrogens with one attached hydrogen (secondary N) is 2. The minimum absolute atomic E-state index is 0.00751. The van der Waals surface area contributed by atoms with Crippen LogP contribution < -0.4 is 10.0 Å². The Balaban J connectivity index is 2.84. The maximum Gasteiger partial charge on any atom is 0.242 e. The molecule has 0 amide bonds. The summed E-state index contributed by atoms with van der Waals surface area (Å²) in [5.74, 6) is 0.794. The average Bonchev–Trinajstić information content (AvgIpc) is 2.84. The number of hydrogen-bond donors (Lipinski definition) is 2. The van der Waals surface area contributed by atoms with Crippen molar-refractivity contribution < 1.29 is 8.42 Å². The van der Waals surface area contributed by atoms with Crippen molar-refractivity contribution in [3.8, 4) is 0 Å². The molecule has 0 aromatic carbocycles. The fourth-order valence-corrected chi connectivity index (χ4v) is 5.21. The Morgan fingerprint density at radius 1 is 1.42 bits per heavy atom. The first-order valence-electron chi connectivity index (χ1n) is 6.33. The van der Waals surface area contributed by atoms with Gasteiger partial charge in [-0.25, -0.2) is 13.1 Å². The molecule has 1 unspecified atom stereocenters. The normalized spacial score (nSPS) is 13.6. The third-order valence-electron chi connectivity index (χ3n) is 2.71. The Hall–Kier alpha value is -0.0800. The quantitative estimate of drug-likeness (QED) is 0.732. The van der Waals surface area contributed by atoms with Gasteiger partial charge in [0.05, 0.1) is 4.90 Å². The number of thioether (sulfide) groups is 1. The SMILES string of the molecule is CCNCc1sccc1S(=O)(=O)NC(CC)CSC. The van der Waals surface area contributed by atoms with Crippen molar-refractivity contribution in [2.24, 2.45) is 0 Å². The van der Waals surface area contributed by atoms with Gasteiger partial charge in [0.2, 0.25) is 10.0 Å². The van der Waals surface area contributed by atoms with E-state index in [9.17, 15) is 8.42 Å². The van der Waals surface area contributed by atoms with Gasteiger partial charge < -0.3 is 5.32 Å². The van der Waals surface area contributed by atoms with Crippen LogP contribution in [0.4, 0.5) is 0 Å². The summed E-state index contributed by atoms with van der Waals surface area (Å²) < 4.78 is 27.6. The Morgan fingerprint density at radius 2 is 2.16 bits per heavy atom. The molecule has 1 atom stereocenters. The molecule has 0 bridgehead atoms. The van der Waals surface area contributed by atoms with E-state index in [4.69, 9.17) is 0 Å². The van der Waals surface area contributed by atoms with E-state index in [1.807, 2.05) is 25.5 Å². The summed E-state index contributed by atoms with van der Waals surface area (Å²) in [7, 11) is -3.40. The zero-order chi connectivity index (χ0) is 14.3. The minimum atomic E-state index is -3.40. The third-order valence-corrected chi connectivity index (χ3v) is 6.10. The van der Waals surface area contributed by atoms with Crippen LogP contribution in [0.15, 0.2) is 16.3 Å². The largest absolute Gasteiger partial charge is 0.312 e. The smallest absolute Gasteiger partial charge is 0.242 e. The first-order valence-corrected chi connectivity index (χ1v) is 10.1. The molecule has 0 radical (unpaired) electrons. The molecule has 1 aromatic rings. The second kappa shape index (κ2) is 8.26. The zero-order valence-corrected chi connectivity index (χ0v) is 14.1. The van der Waals surface area contributed by atoms with Crippen LogP contribution in [0.25, 0.3) is 0 Å². The van der Waals surface area contributed by atoms with E-state index in [1.165, 1.54) is 11.3 Å². The van der Waals surface area contributed by atoms with Gasteiger partial charge in [0.15, 0.2) is 0 Å². The van der Waals surface area contributed by atoms with E-state index < -0.39 is 10.0 Å². The lowest BCUT2D eigenvalue weighted by molar-refractivity contribution is 0.557. The Morgan fingerprint density at radius 3 is 2.74 bits per heavy atom. The highest BCUT2D eigenvalue weighted by Crippen LogP contribution is 2.22. The van der Waals surface area contributed by atoms with E-state index in [-0.39, 0.29) is 6.04 Å². The lowest BCUT2D eigenvalue weighted by atomic mass is 10.3. The summed E-state index contributed by atoms with van der Waals surface area (Å²) >= 11 is 3.13. The lowest BCUT2D eigenvalue weighted by Gasteiger charge is -2.16. The number of thiophene rings is 1. The van der Waals surface area contributed by atoms with Crippen LogP contribution in [0.3, 0.4) is 0 Å². The van der Waals surface area contributed by atoms with Crippen LogP contribution in [0.1, 0.15) is 25.1 Å². The molecule has 0 fully saturated rings. The molecule has 1 aromatic heterocycles. The summed E-state index contributed by atoms with van der Waals surface area (Å²) in [6.45, 7) is 5.43. The molecule has 0 aliphatic heterocycles. The van der Waals surface area contributed by atoms with Gasteiger partial charge in [-0.2, -0.15) is 11.8 Å². The second-order valence-corrected chi connectivity index (χ2v) is 7.76. The molecule has 1 heterocycles. The van der Waals surface area contributed by atoms with Gasteiger partial charge in [-0.05, 0) is 30.7 Å². The van der Waals surface area contributed by atoms with Crippen molar-refractivity contribution >= 4 is 33.1 Å². The van der Waals surface area contributed by atoms with Crippen molar-refractivity contribution in [2.45, 2.75) is 37.8 Å². The molecular weight excluding hydrogens is 300 g/mol. The van der Waals surface area contributed by atoms with Gasteiger partial charge in [0.1, 0.15) is 0 Å². The summed E-state index contributed by atoms with van der Waals surface area (Å²) in [4.78, 5) is 1.28. The van der Waals surface area contributed by atoms with Crippen molar-refractivity contribution in [1.82, 2.24) is 10.0 Å². The predicted octanol–water partition coefficient (Wildman–Crippen LogP) is 2.28. The first kappa shape index (κ1) is 17.0. The van der Waals surface area contributed by atoms with Crippen molar-refractivity contribution in [1.29, 1.82) is 0 Å². The highest BCUT2D eigenvalue weighted by molar-refractivity contribution is 7.98. The maximum absolute atomic E-state index is 12.4. The standard InChI is InChI=1S/C12H22N2O2S3/c1-4-10(9-17-3)14-19(15,16)12-6-7-18-11(12)8-13-5-2/h6-7,10,13-14H,4-5,8-9H2,1-3H3. The van der Waals surface area contributed by atoms with E-state index in [1.54, 1.807) is 17.8 Å². The molecule has 0 spiro atoms. The molecular formula is C12H22N2O2S3. The molecule has 0 saturated heterocycles. The summed E-state index contributed by atoms with van der Waals surface area (Å²) in [5, 5.41) is 5.00. The fourth-order valence-electron chi connectivity index (χ4n) is 1.66. The lowest BCUT2D eigenvalue weighted by Crippen LogP contribution is -2.36. The maximum atomic E-state index is 12.4. The van der Waals surface area contributed by atoms with Crippen LogP contribution in [0, 0.1) is 0 Å². The second-order valence-electron chi connectivity index (χ2n) is 4.17. The monoisotopic (exact) mass is 322 g/mol. The molecule has 0 aliphatic rings. The van der Waals surface area contributed by atoms with Crippen LogP contribution in [0.5, 0.6) is 0 Å². The van der Waals surface area contributed by atoms with E-state index in [0.717, 1.165) is 23.6 Å². The van der Waals surface area contributed by atoms with Gasteiger partial charge in [-0.15, -0.1) is 11.3 Å². The van der Waals surface area contributed by atoms with Gasteiger partial charge >= 0.3 is 0 Å². The van der Waals surface area contributed by atoms with Crippen LogP contribution in [-0.4, -0.2) is 33.0 Å². The molecule has 4 nitrogen and oxygen atoms in total. The summed E-state index contributed by atoms with van der Waals surface area (Å²) in [6.07, 6.45) is 2.78. The molecule has 1 rings (SSSR count). The van der Waals surface area contributed by atoms with E-state index in [0.29, 0.717) is 11.4 Å². The molecule has 0 saturated carbocycles. The summed E-state index contributed by atoms with van der Waals surface area (Å²) in [5.41, 5.74) is 0. The van der Waals surface area contributed by atoms with Gasteiger partial charge in [-0.3, -0.25) is 0 Å². The van der Waals surface area contributed by atoms with Crippen LogP contribution in [-0.2, 0) is 16.6 Å². The van der Waals surface area contributed by atoms with Crippen LogP contribution in [0.2, 0.25) is 0 Å². The molecule has 19 heavy (non-hydrogen) atoms. The summed E-state index contributed by atoms with van der Waals surface area (Å²) in [6, 6.07) is 1.68. The number of sulfonamides is 1. The Labute approximate surface area is 124 Å². The molecule has 0 aliphatic carbocycles. The van der Waals surface area contributed by atoms with E-state index >= 15 is 0 Å². The first-order chi connectivity index (χ1) is 9.05. The molecule has 110 valence electrons. The minimum Gasteiger partial charge on any atom is -0.312 e.